The number of rotatable bonds is 3. The number of pyridine rings is 1. The predicted molar refractivity (Wildman–Crippen MR) is 191 cm³/mol. The van der Waals surface area contributed by atoms with Crippen molar-refractivity contribution >= 4 is 96.1 Å². The molecule has 1 aliphatic heterocycles. The topological polar surface area (TPSA) is 12.9 Å². The molecule has 6 aromatic rings. The first-order valence-corrected chi connectivity index (χ1v) is 20.1. The molecule has 0 amide bonds. The van der Waals surface area contributed by atoms with Gasteiger partial charge in [-0.3, -0.25) is 4.98 Å². The number of nitrogens with zero attached hydrogens (tertiary/aromatic N) is 1. The number of para-hydroxylation sites is 1. The first-order valence-electron chi connectivity index (χ1n) is 14.1. The van der Waals surface area contributed by atoms with E-state index in [-0.39, 0.29) is 20.8 Å². The third-order valence-corrected chi connectivity index (χ3v) is 12.6. The van der Waals surface area contributed by atoms with Gasteiger partial charge in [-0.25, -0.2) is 0 Å². The third-order valence-electron chi connectivity index (χ3n) is 8.92. The fourth-order valence-electron chi connectivity index (χ4n) is 7.39. The van der Waals surface area contributed by atoms with Crippen molar-refractivity contribution in [1.29, 1.82) is 0 Å². The van der Waals surface area contributed by atoms with Crippen molar-refractivity contribution in [3.63, 3.8) is 0 Å². The molecule has 4 atom stereocenters. The molecule has 219 valence electrons. The van der Waals surface area contributed by atoms with Crippen LogP contribution in [-0.2, 0) is 13.4 Å². The molecule has 2 aliphatic rings. The molecule has 1 aliphatic carbocycles. The Morgan fingerprint density at radius 1 is 0.791 bits per heavy atom. The van der Waals surface area contributed by atoms with Gasteiger partial charge in [0.25, 0.3) is 0 Å². The number of allylic oxidation sites excluding steroid dienone is 1. The molecule has 0 radical (unpaired) electrons. The van der Waals surface area contributed by atoms with E-state index < -0.39 is 0 Å². The number of hydrogen-bond acceptors (Lipinski definition) is 4. The molecule has 7 heteroatoms. The Hall–Kier alpha value is -1.81. The number of benzene rings is 3. The molecule has 0 spiro atoms. The quantitative estimate of drug-likeness (QED) is 0.171. The molecule has 0 saturated heterocycles. The van der Waals surface area contributed by atoms with Gasteiger partial charge in [-0.2, -0.15) is 0 Å². The minimum atomic E-state index is -0.181. The number of halogens is 2. The Kier molecular flexibility index (Phi) is 9.35. The molecule has 3 aromatic carbocycles. The Bertz CT molecular complexity index is 1970. The summed E-state index contributed by atoms with van der Waals surface area (Å²) in [6.07, 6.45) is 3.18. The van der Waals surface area contributed by atoms with Crippen molar-refractivity contribution in [1.82, 2.24) is 4.98 Å². The molecular formula is C36H32Cl2CrNS3. The zero-order valence-electron chi connectivity index (χ0n) is 24.4. The molecule has 43 heavy (non-hydrogen) atoms. The van der Waals surface area contributed by atoms with Gasteiger partial charge in [-0.05, 0) is 61.4 Å². The van der Waals surface area contributed by atoms with E-state index in [9.17, 15) is 0 Å². The van der Waals surface area contributed by atoms with Gasteiger partial charge in [0.1, 0.15) is 0 Å². The number of thioether (sulfide) groups is 1. The second-order valence-corrected chi connectivity index (χ2v) is 17.0. The van der Waals surface area contributed by atoms with Gasteiger partial charge in [0.15, 0.2) is 0 Å². The SMILES string of the molecule is Cc1sc2ccccc2c1C1=C(c2c(C)sc3ccccc23)C2CC(C)C(c3cccc4cccnc34)C2S1.[CH3-].[Cl][Cr+][Cl]. The molecular weight excluding hydrogens is 666 g/mol. The van der Waals surface area contributed by atoms with Gasteiger partial charge in [-0.1, -0.05) is 67.6 Å². The van der Waals surface area contributed by atoms with E-state index in [1.54, 1.807) is 5.57 Å². The zero-order chi connectivity index (χ0) is 29.0. The predicted octanol–water partition coefficient (Wildman–Crippen LogP) is 12.5. The standard InChI is InChI=1S/C35H29NS3.CH3.2ClH.Cr/c1-19-18-26-32(30-20(2)37-27-15-6-4-12-23(27)30)35(31-21(3)38-28-16-7-5-13-24(28)31)39-34(26)29(19)25-14-8-10-22-11-9-17-36-33(22)25;;;;/h4-17,19,26,29,34H,18H2,1-3H3;1H3;2*1H;/q;-1;;;+3/p-2. The summed E-state index contributed by atoms with van der Waals surface area (Å²) in [6.45, 7) is 7.14. The molecule has 4 heterocycles. The summed E-state index contributed by atoms with van der Waals surface area (Å²) in [5.41, 5.74) is 7.20. The maximum atomic E-state index is 4.90. The molecule has 4 unspecified atom stereocenters. The molecule has 0 bridgehead atoms. The first kappa shape index (κ1) is 31.2. The van der Waals surface area contributed by atoms with E-state index in [4.69, 9.17) is 25.1 Å². The fourth-order valence-corrected chi connectivity index (χ4v) is 11.6. The summed E-state index contributed by atoms with van der Waals surface area (Å²) in [5.74, 6) is 1.60. The normalized spacial score (nSPS) is 21.1. The second kappa shape index (κ2) is 12.9. The van der Waals surface area contributed by atoms with Crippen LogP contribution in [0.25, 0.3) is 41.6 Å². The van der Waals surface area contributed by atoms with E-state index in [1.165, 1.54) is 68.8 Å². The van der Waals surface area contributed by atoms with Gasteiger partial charge < -0.3 is 7.43 Å². The van der Waals surface area contributed by atoms with Gasteiger partial charge in [-0.15, -0.1) is 34.4 Å². The molecule has 1 fully saturated rings. The number of hydrogen-bond donors (Lipinski definition) is 0. The van der Waals surface area contributed by atoms with Gasteiger partial charge in [0.05, 0.1) is 5.52 Å². The number of thiophene rings is 2. The first-order chi connectivity index (χ1) is 20.5. The average Bonchev–Trinajstić information content (AvgIpc) is 3.70. The summed E-state index contributed by atoms with van der Waals surface area (Å²) in [7, 11) is 9.65. The summed E-state index contributed by atoms with van der Waals surface area (Å²) >= 11 is 5.89. The van der Waals surface area contributed by atoms with Gasteiger partial charge in [0, 0.05) is 68.7 Å². The Labute approximate surface area is 281 Å². The second-order valence-electron chi connectivity index (χ2n) is 11.2. The molecule has 1 nitrogen and oxygen atoms in total. The fraction of sp³-hybridized carbons (Fsp3) is 0.222. The summed E-state index contributed by atoms with van der Waals surface area (Å²) in [4.78, 5) is 9.31. The number of aryl methyl sites for hydroxylation is 2. The van der Waals surface area contributed by atoms with Crippen molar-refractivity contribution in [3.8, 4) is 0 Å². The van der Waals surface area contributed by atoms with Gasteiger partial charge >= 0.3 is 33.5 Å². The molecule has 0 N–H and O–H groups in total. The van der Waals surface area contributed by atoms with Crippen LogP contribution in [0.15, 0.2) is 85.1 Å². The molecule has 1 saturated carbocycles. The summed E-state index contributed by atoms with van der Waals surface area (Å²) < 4.78 is 2.79. The van der Waals surface area contributed by atoms with Gasteiger partial charge in [0.2, 0.25) is 0 Å². The van der Waals surface area contributed by atoms with Crippen LogP contribution in [0.4, 0.5) is 0 Å². The summed E-state index contributed by atoms with van der Waals surface area (Å²) in [5, 5.41) is 4.59. The number of aromatic nitrogens is 1. The van der Waals surface area contributed by atoms with Crippen molar-refractivity contribution in [2.45, 2.75) is 38.4 Å². The number of fused-ring (bicyclic) bond motifs is 4. The van der Waals surface area contributed by atoms with E-state index >= 15 is 0 Å². The van der Waals surface area contributed by atoms with Crippen molar-refractivity contribution in [3.05, 3.63) is 119 Å². The van der Waals surface area contributed by atoms with Crippen LogP contribution in [0.5, 0.6) is 0 Å². The van der Waals surface area contributed by atoms with Crippen LogP contribution < -0.4 is 0 Å². The molecule has 3 aromatic heterocycles. The van der Waals surface area contributed by atoms with Crippen molar-refractivity contribution in [2.75, 3.05) is 0 Å². The van der Waals surface area contributed by atoms with Crippen LogP contribution in [0, 0.1) is 33.1 Å². The summed E-state index contributed by atoms with van der Waals surface area (Å²) in [6, 6.07) is 29.1. The van der Waals surface area contributed by atoms with Crippen LogP contribution >= 0.6 is 54.5 Å². The van der Waals surface area contributed by atoms with E-state index in [2.05, 4.69) is 111 Å². The average molecular weight is 698 g/mol. The molecule has 8 rings (SSSR count). The van der Waals surface area contributed by atoms with Crippen LogP contribution in [0.3, 0.4) is 0 Å². The van der Waals surface area contributed by atoms with E-state index in [0.29, 0.717) is 23.0 Å². The minimum absolute atomic E-state index is 0. The third kappa shape index (κ3) is 5.30. The van der Waals surface area contributed by atoms with Crippen LogP contribution in [0.1, 0.15) is 45.7 Å². The zero-order valence-corrected chi connectivity index (χ0v) is 29.7. The van der Waals surface area contributed by atoms with Crippen LogP contribution in [0.2, 0.25) is 0 Å². The van der Waals surface area contributed by atoms with E-state index in [1.807, 2.05) is 28.9 Å². The van der Waals surface area contributed by atoms with Crippen LogP contribution in [-0.4, -0.2) is 10.2 Å². The van der Waals surface area contributed by atoms with Crippen molar-refractivity contribution in [2.24, 2.45) is 11.8 Å². The van der Waals surface area contributed by atoms with E-state index in [0.717, 1.165) is 0 Å². The maximum absolute atomic E-state index is 4.90. The Morgan fingerprint density at radius 2 is 1.40 bits per heavy atom. The monoisotopic (exact) mass is 696 g/mol. The van der Waals surface area contributed by atoms with Crippen molar-refractivity contribution < 1.29 is 13.4 Å². The Morgan fingerprint density at radius 3 is 2.09 bits per heavy atom. The Balaban J connectivity index is 0.000000792.